The maximum Gasteiger partial charge on any atom is 0.225 e. The molecule has 3 aliphatic rings. The topological polar surface area (TPSA) is 64.7 Å². The van der Waals surface area contributed by atoms with E-state index in [1.165, 1.54) is 51.4 Å². The van der Waals surface area contributed by atoms with Gasteiger partial charge in [-0.15, -0.1) is 24.8 Å². The Bertz CT molecular complexity index is 501. The van der Waals surface area contributed by atoms with Crippen molar-refractivity contribution >= 4 is 36.6 Å². The van der Waals surface area contributed by atoms with Gasteiger partial charge in [0.1, 0.15) is 0 Å². The summed E-state index contributed by atoms with van der Waals surface area (Å²) in [5, 5.41) is 6.63. The second-order valence-corrected chi connectivity index (χ2v) is 8.56. The fraction of sp³-hybridized carbons (Fsp3) is 0.905. The second-order valence-electron chi connectivity index (χ2n) is 8.56. The van der Waals surface area contributed by atoms with Crippen LogP contribution in [0.25, 0.3) is 0 Å². The van der Waals surface area contributed by atoms with Crippen molar-refractivity contribution in [2.24, 2.45) is 5.92 Å². The molecule has 29 heavy (non-hydrogen) atoms. The molecule has 2 atom stereocenters. The molecule has 0 bridgehead atoms. The lowest BCUT2D eigenvalue weighted by Gasteiger charge is -2.27. The third-order valence-corrected chi connectivity index (χ3v) is 6.63. The van der Waals surface area contributed by atoms with E-state index in [9.17, 15) is 9.59 Å². The summed E-state index contributed by atoms with van der Waals surface area (Å²) in [4.78, 5) is 29.2. The highest BCUT2D eigenvalue weighted by Crippen LogP contribution is 2.23. The lowest BCUT2D eigenvalue weighted by Crippen LogP contribution is -2.42. The zero-order valence-electron chi connectivity index (χ0n) is 17.9. The molecule has 1 saturated carbocycles. The van der Waals surface area contributed by atoms with E-state index in [1.807, 2.05) is 4.90 Å². The predicted molar refractivity (Wildman–Crippen MR) is 122 cm³/mol. The molecule has 170 valence electrons. The first-order valence-electron chi connectivity index (χ1n) is 11.2. The molecule has 2 heterocycles. The Kier molecular flexibility index (Phi) is 12.5. The fourth-order valence-corrected chi connectivity index (χ4v) is 4.99. The highest BCUT2D eigenvalue weighted by Gasteiger charge is 2.36. The average molecular weight is 451 g/mol. The smallest absolute Gasteiger partial charge is 0.225 e. The van der Waals surface area contributed by atoms with Gasteiger partial charge >= 0.3 is 0 Å². The minimum atomic E-state index is -0.174. The Morgan fingerprint density at radius 1 is 1.03 bits per heavy atom. The van der Waals surface area contributed by atoms with Gasteiger partial charge in [0, 0.05) is 44.7 Å². The Morgan fingerprint density at radius 3 is 2.45 bits per heavy atom. The van der Waals surface area contributed by atoms with Crippen LogP contribution >= 0.6 is 24.8 Å². The van der Waals surface area contributed by atoms with Crippen LogP contribution in [0.1, 0.15) is 64.7 Å². The van der Waals surface area contributed by atoms with E-state index >= 15 is 0 Å². The van der Waals surface area contributed by atoms with Crippen LogP contribution in [0.3, 0.4) is 0 Å². The fourth-order valence-electron chi connectivity index (χ4n) is 4.99. The molecule has 0 aromatic rings. The molecule has 6 nitrogen and oxygen atoms in total. The van der Waals surface area contributed by atoms with E-state index in [4.69, 9.17) is 0 Å². The van der Waals surface area contributed by atoms with E-state index in [0.29, 0.717) is 31.6 Å². The van der Waals surface area contributed by atoms with E-state index in [0.717, 1.165) is 26.2 Å². The van der Waals surface area contributed by atoms with Crippen molar-refractivity contribution in [1.82, 2.24) is 20.4 Å². The minimum absolute atomic E-state index is 0. The molecule has 2 unspecified atom stereocenters. The van der Waals surface area contributed by atoms with Crippen molar-refractivity contribution in [3.63, 3.8) is 0 Å². The van der Waals surface area contributed by atoms with Crippen molar-refractivity contribution in [1.29, 1.82) is 0 Å². The second kappa shape index (κ2) is 13.7. The highest BCUT2D eigenvalue weighted by atomic mass is 35.5. The summed E-state index contributed by atoms with van der Waals surface area (Å²) in [5.74, 6) is 0.0221. The Morgan fingerprint density at radius 2 is 1.76 bits per heavy atom. The normalized spacial score (nSPS) is 26.0. The maximum atomic E-state index is 12.5. The zero-order chi connectivity index (χ0) is 19.1. The average Bonchev–Trinajstić information content (AvgIpc) is 3.17. The summed E-state index contributed by atoms with van der Waals surface area (Å²) in [6.45, 7) is 7.24. The Balaban J connectivity index is 0.00000210. The van der Waals surface area contributed by atoms with E-state index in [1.54, 1.807) is 0 Å². The van der Waals surface area contributed by atoms with Gasteiger partial charge in [0.25, 0.3) is 0 Å². The molecule has 8 heteroatoms. The third-order valence-electron chi connectivity index (χ3n) is 6.63. The van der Waals surface area contributed by atoms with Crippen LogP contribution in [0, 0.1) is 5.92 Å². The quantitative estimate of drug-likeness (QED) is 0.440. The van der Waals surface area contributed by atoms with Crippen molar-refractivity contribution in [2.75, 3.05) is 39.3 Å². The molecule has 0 aromatic heterocycles. The molecule has 2 N–H and O–H groups in total. The van der Waals surface area contributed by atoms with Gasteiger partial charge in [0.2, 0.25) is 11.8 Å². The van der Waals surface area contributed by atoms with Crippen LogP contribution in [0.4, 0.5) is 0 Å². The molecule has 3 fully saturated rings. The molecule has 0 aromatic carbocycles. The van der Waals surface area contributed by atoms with Crippen LogP contribution in [0.15, 0.2) is 0 Å². The van der Waals surface area contributed by atoms with Crippen molar-refractivity contribution in [3.8, 4) is 0 Å². The van der Waals surface area contributed by atoms with Crippen LogP contribution in [0.2, 0.25) is 0 Å². The highest BCUT2D eigenvalue weighted by molar-refractivity contribution is 5.89. The number of amides is 2. The summed E-state index contributed by atoms with van der Waals surface area (Å²) in [6, 6.07) is 1.09. The molecule has 2 saturated heterocycles. The van der Waals surface area contributed by atoms with Gasteiger partial charge in [-0.3, -0.25) is 14.5 Å². The molecule has 2 amide bonds. The lowest BCUT2D eigenvalue weighted by molar-refractivity contribution is -0.129. The lowest BCUT2D eigenvalue weighted by atomic mass is 10.1. The van der Waals surface area contributed by atoms with Crippen LogP contribution < -0.4 is 10.6 Å². The largest absolute Gasteiger partial charge is 0.355 e. The van der Waals surface area contributed by atoms with Crippen LogP contribution in [-0.4, -0.2) is 73.0 Å². The van der Waals surface area contributed by atoms with E-state index < -0.39 is 0 Å². The summed E-state index contributed by atoms with van der Waals surface area (Å²) >= 11 is 0. The molecule has 2 aliphatic heterocycles. The molecule has 3 rings (SSSR count). The van der Waals surface area contributed by atoms with Gasteiger partial charge in [-0.2, -0.15) is 0 Å². The predicted octanol–water partition coefficient (Wildman–Crippen LogP) is 2.59. The number of rotatable bonds is 8. The molecular formula is C21H40Cl2N4O2. The number of hydrogen-bond acceptors (Lipinski definition) is 4. The number of hydrogen-bond donors (Lipinski definition) is 2. The van der Waals surface area contributed by atoms with Crippen molar-refractivity contribution in [3.05, 3.63) is 0 Å². The third kappa shape index (κ3) is 7.89. The molecule has 1 aliphatic carbocycles. The SMILES string of the molecule is CCN1CCCC1CN1CC(C(=O)NCCNC2CCCCCC2)CC1=O.Cl.Cl. The van der Waals surface area contributed by atoms with Crippen LogP contribution in [-0.2, 0) is 9.59 Å². The van der Waals surface area contributed by atoms with Crippen molar-refractivity contribution in [2.45, 2.75) is 76.8 Å². The van der Waals surface area contributed by atoms with Gasteiger partial charge in [0.15, 0.2) is 0 Å². The summed E-state index contributed by atoms with van der Waals surface area (Å²) < 4.78 is 0. The molecular weight excluding hydrogens is 411 g/mol. The first-order valence-corrected chi connectivity index (χ1v) is 11.2. The first kappa shape index (κ1) is 26.5. The number of carbonyl (C=O) groups excluding carboxylic acids is 2. The van der Waals surface area contributed by atoms with Gasteiger partial charge in [-0.05, 0) is 38.8 Å². The minimum Gasteiger partial charge on any atom is -0.355 e. The standard InChI is InChI=1S/C21H38N4O2.2ClH/c1-2-24-13-7-10-19(24)16-25-15-17(14-20(25)26)21(27)23-12-11-22-18-8-5-3-4-6-9-18;;/h17-19,22H,2-16H2,1H3,(H,23,27);2*1H. The number of halogens is 2. The summed E-state index contributed by atoms with van der Waals surface area (Å²) in [7, 11) is 0. The van der Waals surface area contributed by atoms with Gasteiger partial charge < -0.3 is 15.5 Å². The Labute approximate surface area is 188 Å². The zero-order valence-corrected chi connectivity index (χ0v) is 19.5. The monoisotopic (exact) mass is 450 g/mol. The van der Waals surface area contributed by atoms with E-state index in [-0.39, 0.29) is 42.5 Å². The molecule has 0 spiro atoms. The number of carbonyl (C=O) groups is 2. The summed E-state index contributed by atoms with van der Waals surface area (Å²) in [6.07, 6.45) is 10.6. The van der Waals surface area contributed by atoms with E-state index in [2.05, 4.69) is 22.5 Å². The van der Waals surface area contributed by atoms with Crippen molar-refractivity contribution < 1.29 is 9.59 Å². The van der Waals surface area contributed by atoms with Gasteiger partial charge in [-0.25, -0.2) is 0 Å². The van der Waals surface area contributed by atoms with Gasteiger partial charge in [0.05, 0.1) is 5.92 Å². The number of nitrogens with one attached hydrogen (secondary N) is 2. The number of nitrogens with zero attached hydrogens (tertiary/aromatic N) is 2. The Hall–Kier alpha value is -0.560. The summed E-state index contributed by atoms with van der Waals surface area (Å²) in [5.41, 5.74) is 0. The number of likely N-dealkylation sites (N-methyl/N-ethyl adjacent to an activating group) is 1. The molecule has 0 radical (unpaired) electrons. The number of likely N-dealkylation sites (tertiary alicyclic amines) is 2. The maximum absolute atomic E-state index is 12.5. The first-order chi connectivity index (χ1) is 13.2. The van der Waals surface area contributed by atoms with Gasteiger partial charge in [-0.1, -0.05) is 32.6 Å². The van der Waals surface area contributed by atoms with Crippen LogP contribution in [0.5, 0.6) is 0 Å².